The van der Waals surface area contributed by atoms with E-state index in [0.29, 0.717) is 30.9 Å². The maximum absolute atomic E-state index is 13.3. The fourth-order valence-electron chi connectivity index (χ4n) is 1.77. The molecule has 0 aromatic heterocycles. The molecule has 0 bridgehead atoms. The second-order valence-electron chi connectivity index (χ2n) is 4.87. The van der Waals surface area contributed by atoms with Gasteiger partial charge in [-0.2, -0.15) is 0 Å². The van der Waals surface area contributed by atoms with Crippen LogP contribution in [0.2, 0.25) is 0 Å². The van der Waals surface area contributed by atoms with Crippen molar-refractivity contribution in [3.05, 3.63) is 35.6 Å². The zero-order valence-electron chi connectivity index (χ0n) is 10.9. The summed E-state index contributed by atoms with van der Waals surface area (Å²) in [5, 5.41) is 2.73. The third kappa shape index (κ3) is 4.84. The minimum absolute atomic E-state index is 0.167. The quantitative estimate of drug-likeness (QED) is 0.812. The molecule has 0 heterocycles. The largest absolute Gasteiger partial charge is 0.354 e. The Kier molecular flexibility index (Phi) is 5.78. The van der Waals surface area contributed by atoms with E-state index in [-0.39, 0.29) is 11.7 Å². The third-order valence-corrected chi connectivity index (χ3v) is 2.71. The fraction of sp³-hybridized carbons (Fsp3) is 0.500. The summed E-state index contributed by atoms with van der Waals surface area (Å²) < 4.78 is 13.3. The zero-order valence-corrected chi connectivity index (χ0v) is 10.9. The molecule has 3 N–H and O–H groups in total. The van der Waals surface area contributed by atoms with Crippen LogP contribution in [0.1, 0.15) is 25.8 Å². The highest BCUT2D eigenvalue weighted by Crippen LogP contribution is 2.06. The number of nitrogens with one attached hydrogen (secondary N) is 1. The molecule has 1 rings (SSSR count). The maximum Gasteiger partial charge on any atom is 0.236 e. The first-order valence-corrected chi connectivity index (χ1v) is 6.27. The van der Waals surface area contributed by atoms with Gasteiger partial charge in [0.2, 0.25) is 5.91 Å². The normalized spacial score (nSPS) is 12.5. The van der Waals surface area contributed by atoms with E-state index < -0.39 is 6.04 Å². The van der Waals surface area contributed by atoms with Crippen LogP contribution in [-0.2, 0) is 11.2 Å². The van der Waals surface area contributed by atoms with Crippen LogP contribution in [0.25, 0.3) is 0 Å². The van der Waals surface area contributed by atoms with Gasteiger partial charge in [0, 0.05) is 6.54 Å². The summed E-state index contributed by atoms with van der Waals surface area (Å²) >= 11 is 0. The molecule has 1 unspecified atom stereocenters. The molecule has 0 aliphatic heterocycles. The van der Waals surface area contributed by atoms with Crippen LogP contribution in [0.4, 0.5) is 4.39 Å². The van der Waals surface area contributed by atoms with E-state index in [0.717, 1.165) is 0 Å². The summed E-state index contributed by atoms with van der Waals surface area (Å²) in [6.07, 6.45) is 1.14. The lowest BCUT2D eigenvalue weighted by atomic mass is 10.0. The van der Waals surface area contributed by atoms with Gasteiger partial charge >= 0.3 is 0 Å². The van der Waals surface area contributed by atoms with E-state index in [2.05, 4.69) is 5.32 Å². The Labute approximate surface area is 108 Å². The van der Waals surface area contributed by atoms with Crippen LogP contribution in [0.5, 0.6) is 0 Å². The second kappa shape index (κ2) is 7.11. The fourth-order valence-corrected chi connectivity index (χ4v) is 1.77. The second-order valence-corrected chi connectivity index (χ2v) is 4.87. The van der Waals surface area contributed by atoms with E-state index in [1.807, 2.05) is 13.8 Å². The van der Waals surface area contributed by atoms with E-state index >= 15 is 0 Å². The standard InChI is InChI=1S/C14H21FN2O/c1-10(2)9-13(16)14(18)17-8-7-11-5-3-4-6-12(11)15/h3-6,10,13H,7-9,16H2,1-2H3,(H,17,18). The summed E-state index contributed by atoms with van der Waals surface area (Å²) in [5.41, 5.74) is 6.35. The van der Waals surface area contributed by atoms with Crippen LogP contribution in [0.15, 0.2) is 24.3 Å². The zero-order chi connectivity index (χ0) is 13.5. The molecule has 3 nitrogen and oxygen atoms in total. The van der Waals surface area contributed by atoms with Gasteiger partial charge in [-0.3, -0.25) is 4.79 Å². The number of rotatable bonds is 6. The van der Waals surface area contributed by atoms with Crippen LogP contribution >= 0.6 is 0 Å². The lowest BCUT2D eigenvalue weighted by molar-refractivity contribution is -0.122. The van der Waals surface area contributed by atoms with E-state index in [4.69, 9.17) is 5.73 Å². The van der Waals surface area contributed by atoms with Crippen molar-refractivity contribution in [3.8, 4) is 0 Å². The van der Waals surface area contributed by atoms with Crippen molar-refractivity contribution >= 4 is 5.91 Å². The average molecular weight is 252 g/mol. The number of nitrogens with two attached hydrogens (primary N) is 1. The number of hydrogen-bond donors (Lipinski definition) is 2. The summed E-state index contributed by atoms with van der Waals surface area (Å²) in [5.74, 6) is -0.0180. The van der Waals surface area contributed by atoms with Crippen molar-refractivity contribution in [2.75, 3.05) is 6.54 Å². The molecule has 100 valence electrons. The van der Waals surface area contributed by atoms with Crippen molar-refractivity contribution < 1.29 is 9.18 Å². The Morgan fingerprint density at radius 1 is 1.39 bits per heavy atom. The summed E-state index contributed by atoms with van der Waals surface area (Å²) in [4.78, 5) is 11.6. The first kappa shape index (κ1) is 14.6. The van der Waals surface area contributed by atoms with Crippen LogP contribution in [0.3, 0.4) is 0 Å². The molecular formula is C14H21FN2O. The van der Waals surface area contributed by atoms with Gasteiger partial charge in [-0.15, -0.1) is 0 Å². The van der Waals surface area contributed by atoms with Gasteiger partial charge in [0.25, 0.3) is 0 Å². The summed E-state index contributed by atoms with van der Waals surface area (Å²) in [7, 11) is 0. The Balaban J connectivity index is 2.34. The Hall–Kier alpha value is -1.42. The molecule has 0 spiro atoms. The monoisotopic (exact) mass is 252 g/mol. The molecule has 4 heteroatoms. The molecule has 0 aliphatic carbocycles. The SMILES string of the molecule is CC(C)CC(N)C(=O)NCCc1ccccc1F. The van der Waals surface area contributed by atoms with Gasteiger partial charge in [0.1, 0.15) is 5.82 Å². The predicted octanol–water partition coefficient (Wildman–Crippen LogP) is 1.86. The van der Waals surface area contributed by atoms with E-state index in [1.54, 1.807) is 18.2 Å². The predicted molar refractivity (Wildman–Crippen MR) is 70.5 cm³/mol. The van der Waals surface area contributed by atoms with Crippen molar-refractivity contribution in [1.29, 1.82) is 0 Å². The molecule has 0 radical (unpaired) electrons. The van der Waals surface area contributed by atoms with Crippen molar-refractivity contribution in [3.63, 3.8) is 0 Å². The molecule has 1 aromatic rings. The number of amides is 1. The molecule has 18 heavy (non-hydrogen) atoms. The number of halogens is 1. The van der Waals surface area contributed by atoms with Gasteiger partial charge < -0.3 is 11.1 Å². The molecule has 1 atom stereocenters. The topological polar surface area (TPSA) is 55.1 Å². The van der Waals surface area contributed by atoms with Crippen LogP contribution in [-0.4, -0.2) is 18.5 Å². The lowest BCUT2D eigenvalue weighted by Gasteiger charge is -2.14. The first-order chi connectivity index (χ1) is 8.50. The molecular weight excluding hydrogens is 231 g/mol. The molecule has 0 saturated carbocycles. The molecule has 0 aliphatic rings. The maximum atomic E-state index is 13.3. The van der Waals surface area contributed by atoms with E-state index in [1.165, 1.54) is 6.07 Å². The smallest absolute Gasteiger partial charge is 0.236 e. The number of hydrogen-bond acceptors (Lipinski definition) is 2. The van der Waals surface area contributed by atoms with Gasteiger partial charge in [-0.05, 0) is 30.4 Å². The van der Waals surface area contributed by atoms with Crippen LogP contribution < -0.4 is 11.1 Å². The van der Waals surface area contributed by atoms with Gasteiger partial charge in [0.05, 0.1) is 6.04 Å². The van der Waals surface area contributed by atoms with Gasteiger partial charge in [-0.25, -0.2) is 4.39 Å². The van der Waals surface area contributed by atoms with Gasteiger partial charge in [-0.1, -0.05) is 32.0 Å². The molecule has 1 amide bonds. The Morgan fingerprint density at radius 2 is 2.06 bits per heavy atom. The number of carbonyl (C=O) groups excluding carboxylic acids is 1. The summed E-state index contributed by atoms with van der Waals surface area (Å²) in [6.45, 7) is 4.45. The molecule has 0 saturated heterocycles. The first-order valence-electron chi connectivity index (χ1n) is 6.27. The van der Waals surface area contributed by atoms with Crippen molar-refractivity contribution in [2.45, 2.75) is 32.7 Å². The Morgan fingerprint density at radius 3 is 2.67 bits per heavy atom. The van der Waals surface area contributed by atoms with Crippen molar-refractivity contribution in [2.24, 2.45) is 11.7 Å². The van der Waals surface area contributed by atoms with Crippen LogP contribution in [0, 0.1) is 11.7 Å². The highest BCUT2D eigenvalue weighted by molar-refractivity contribution is 5.81. The highest BCUT2D eigenvalue weighted by Gasteiger charge is 2.14. The summed E-state index contributed by atoms with van der Waals surface area (Å²) in [6, 6.07) is 6.09. The lowest BCUT2D eigenvalue weighted by Crippen LogP contribution is -2.42. The van der Waals surface area contributed by atoms with Gasteiger partial charge in [0.15, 0.2) is 0 Å². The average Bonchev–Trinajstić information content (AvgIpc) is 2.30. The number of benzene rings is 1. The minimum Gasteiger partial charge on any atom is -0.354 e. The van der Waals surface area contributed by atoms with Crippen molar-refractivity contribution in [1.82, 2.24) is 5.32 Å². The minimum atomic E-state index is -0.481. The molecule has 0 fully saturated rings. The highest BCUT2D eigenvalue weighted by atomic mass is 19.1. The Bertz CT molecular complexity index is 393. The number of carbonyl (C=O) groups is 1. The molecule has 1 aromatic carbocycles. The van der Waals surface area contributed by atoms with E-state index in [9.17, 15) is 9.18 Å². The third-order valence-electron chi connectivity index (χ3n) is 2.71.